The van der Waals surface area contributed by atoms with Crippen LogP contribution in [-0.4, -0.2) is 50.7 Å². The van der Waals surface area contributed by atoms with Crippen LogP contribution in [0.4, 0.5) is 23.7 Å². The van der Waals surface area contributed by atoms with Crippen LogP contribution < -0.4 is 15.0 Å². The molecule has 1 unspecified atom stereocenters. The number of carbonyl (C=O) groups excluding carboxylic acids is 1. The first kappa shape index (κ1) is 34.0. The molecule has 1 aliphatic rings. The molecule has 248 valence electrons. The van der Waals surface area contributed by atoms with E-state index < -0.39 is 6.36 Å². The fourth-order valence-electron chi connectivity index (χ4n) is 5.41. The highest BCUT2D eigenvalue weighted by Gasteiger charge is 2.31. The molecule has 3 aromatic carbocycles. The molecule has 8 nitrogen and oxygen atoms in total. The number of anilines is 1. The quantitative estimate of drug-likeness (QED) is 0.183. The molecule has 4 aromatic rings. The van der Waals surface area contributed by atoms with Gasteiger partial charge in [0.25, 0.3) is 0 Å². The van der Waals surface area contributed by atoms with Crippen molar-refractivity contribution in [3.8, 4) is 22.8 Å². The molecule has 1 atom stereocenters. The van der Waals surface area contributed by atoms with Gasteiger partial charge in [-0.2, -0.15) is 4.99 Å². The van der Waals surface area contributed by atoms with Crippen LogP contribution in [0.3, 0.4) is 0 Å². The number of nitrogens with zero attached hydrogens (tertiary/aromatic N) is 5. The van der Waals surface area contributed by atoms with Gasteiger partial charge in [-0.3, -0.25) is 0 Å². The van der Waals surface area contributed by atoms with Gasteiger partial charge in [-0.25, -0.2) is 14.5 Å². The van der Waals surface area contributed by atoms with Gasteiger partial charge >= 0.3 is 12.4 Å². The highest BCUT2D eigenvalue weighted by molar-refractivity contribution is 8.14. The van der Waals surface area contributed by atoms with E-state index >= 15 is 0 Å². The molecule has 1 N–H and O–H groups in total. The molecule has 0 bridgehead atoms. The van der Waals surface area contributed by atoms with Crippen LogP contribution in [0.25, 0.3) is 17.1 Å². The van der Waals surface area contributed by atoms with Crippen LogP contribution >= 0.6 is 11.8 Å². The van der Waals surface area contributed by atoms with E-state index in [4.69, 9.17) is 0 Å². The van der Waals surface area contributed by atoms with Crippen LogP contribution in [0.15, 0.2) is 78.0 Å². The second-order valence-corrected chi connectivity index (χ2v) is 13.0. The zero-order chi connectivity index (χ0) is 33.6. The average molecular weight is 665 g/mol. The van der Waals surface area contributed by atoms with Crippen molar-refractivity contribution in [1.82, 2.24) is 20.1 Å². The summed E-state index contributed by atoms with van der Waals surface area (Å²) in [5.41, 5.74) is 6.11. The van der Waals surface area contributed by atoms with Gasteiger partial charge < -0.3 is 15.0 Å². The molecular formula is C35H39F3N6O2S. The molecule has 0 radical (unpaired) electrons. The molecule has 5 rings (SSSR count). The number of thioether (sulfide) groups is 1. The number of rotatable bonds is 10. The molecule has 0 aliphatic carbocycles. The van der Waals surface area contributed by atoms with E-state index in [0.717, 1.165) is 60.0 Å². The van der Waals surface area contributed by atoms with Crippen molar-refractivity contribution in [1.29, 1.82) is 0 Å². The largest absolute Gasteiger partial charge is 0.573 e. The van der Waals surface area contributed by atoms with Gasteiger partial charge in [-0.15, -0.1) is 18.3 Å². The Bertz CT molecular complexity index is 1690. The van der Waals surface area contributed by atoms with Gasteiger partial charge in [0.15, 0.2) is 11.0 Å². The van der Waals surface area contributed by atoms with Gasteiger partial charge in [0.2, 0.25) is 0 Å². The summed E-state index contributed by atoms with van der Waals surface area (Å²) >= 11 is 1.63. The Morgan fingerprint density at radius 3 is 2.51 bits per heavy atom. The predicted molar refractivity (Wildman–Crippen MR) is 182 cm³/mol. The first-order valence-corrected chi connectivity index (χ1v) is 16.7. The monoisotopic (exact) mass is 664 g/mol. The lowest BCUT2D eigenvalue weighted by atomic mass is 9.98. The lowest BCUT2D eigenvalue weighted by Gasteiger charge is -2.32. The third-order valence-electron chi connectivity index (χ3n) is 7.80. The highest BCUT2D eigenvalue weighted by Crippen LogP contribution is 2.33. The maximum atomic E-state index is 12.9. The van der Waals surface area contributed by atoms with Crippen molar-refractivity contribution in [2.24, 2.45) is 4.99 Å². The standard InChI is InChI=1S/C35H39F3N6O2S/c1-23(2)30-18-9-24(3)21-31(30)43-19-6-20-47-34(43)41-33(45)40-25(4)7-5-8-26-10-12-27(13-11-26)32-39-22-44(42-32)28-14-16-29(17-15-28)46-35(36,37)38/h9-18,21-23,25H,5-8,19-20H2,1-4H3,(H,40,45). The Balaban J connectivity index is 1.12. The second kappa shape index (κ2) is 15.1. The summed E-state index contributed by atoms with van der Waals surface area (Å²) in [7, 11) is 0. The Morgan fingerprint density at radius 1 is 1.06 bits per heavy atom. The minimum atomic E-state index is -4.74. The number of aryl methyl sites for hydroxylation is 2. The van der Waals surface area contributed by atoms with Crippen molar-refractivity contribution >= 4 is 28.6 Å². The number of aliphatic imine (C=N–C) groups is 1. The Hall–Kier alpha value is -4.32. The Kier molecular flexibility index (Phi) is 10.9. The van der Waals surface area contributed by atoms with Gasteiger partial charge in [-0.05, 0) is 92.5 Å². The molecule has 47 heavy (non-hydrogen) atoms. The van der Waals surface area contributed by atoms with E-state index in [1.165, 1.54) is 46.4 Å². The molecular weight excluding hydrogens is 625 g/mol. The fraction of sp³-hybridized carbons (Fsp3) is 0.371. The molecule has 0 saturated carbocycles. The van der Waals surface area contributed by atoms with Crippen LogP contribution in [-0.2, 0) is 6.42 Å². The summed E-state index contributed by atoms with van der Waals surface area (Å²) in [4.78, 5) is 24.0. The minimum Gasteiger partial charge on any atom is -0.406 e. The summed E-state index contributed by atoms with van der Waals surface area (Å²) in [6, 6.07) is 19.5. The summed E-state index contributed by atoms with van der Waals surface area (Å²) < 4.78 is 42.7. The molecule has 1 aromatic heterocycles. The first-order chi connectivity index (χ1) is 22.4. The second-order valence-electron chi connectivity index (χ2n) is 12.0. The number of amides is 2. The van der Waals surface area contributed by atoms with Crippen LogP contribution in [0.2, 0.25) is 0 Å². The molecule has 1 aliphatic heterocycles. The topological polar surface area (TPSA) is 84.6 Å². The molecule has 1 fully saturated rings. The van der Waals surface area contributed by atoms with Gasteiger partial charge in [0.05, 0.1) is 5.69 Å². The number of amidine groups is 1. The fourth-order valence-corrected chi connectivity index (χ4v) is 6.36. The number of halogens is 3. The maximum absolute atomic E-state index is 12.9. The number of hydrogen-bond donors (Lipinski definition) is 1. The maximum Gasteiger partial charge on any atom is 0.573 e. The van der Waals surface area contributed by atoms with Gasteiger partial charge in [0, 0.05) is 29.6 Å². The van der Waals surface area contributed by atoms with Gasteiger partial charge in [-0.1, -0.05) is 62.0 Å². The minimum absolute atomic E-state index is 0.0272. The van der Waals surface area contributed by atoms with Crippen molar-refractivity contribution in [3.63, 3.8) is 0 Å². The number of nitrogens with one attached hydrogen (secondary N) is 1. The smallest absolute Gasteiger partial charge is 0.406 e. The zero-order valence-corrected chi connectivity index (χ0v) is 27.7. The predicted octanol–water partition coefficient (Wildman–Crippen LogP) is 8.69. The summed E-state index contributed by atoms with van der Waals surface area (Å²) in [5.74, 6) is 1.51. The van der Waals surface area contributed by atoms with E-state index in [-0.39, 0.29) is 17.8 Å². The highest BCUT2D eigenvalue weighted by atomic mass is 32.2. The summed E-state index contributed by atoms with van der Waals surface area (Å²) in [6.45, 7) is 9.30. The summed E-state index contributed by atoms with van der Waals surface area (Å²) in [6.07, 6.45) is 0.353. The number of carbonyl (C=O) groups is 1. The van der Waals surface area contributed by atoms with E-state index in [2.05, 4.69) is 69.0 Å². The van der Waals surface area contributed by atoms with Crippen molar-refractivity contribution < 1.29 is 22.7 Å². The van der Waals surface area contributed by atoms with Crippen molar-refractivity contribution in [2.45, 2.75) is 71.7 Å². The van der Waals surface area contributed by atoms with Crippen LogP contribution in [0.5, 0.6) is 5.75 Å². The first-order valence-electron chi connectivity index (χ1n) is 15.7. The van der Waals surface area contributed by atoms with E-state index in [1.807, 2.05) is 31.2 Å². The van der Waals surface area contributed by atoms with Crippen LogP contribution in [0.1, 0.15) is 62.6 Å². The number of aromatic nitrogens is 3. The zero-order valence-electron chi connectivity index (χ0n) is 26.9. The van der Waals surface area contributed by atoms with E-state index in [1.54, 1.807) is 11.8 Å². The van der Waals surface area contributed by atoms with Crippen LogP contribution in [0, 0.1) is 6.92 Å². The van der Waals surface area contributed by atoms with Crippen molar-refractivity contribution in [3.05, 3.63) is 89.7 Å². The molecule has 12 heteroatoms. The van der Waals surface area contributed by atoms with Gasteiger partial charge in [0.1, 0.15) is 12.1 Å². The average Bonchev–Trinajstić information content (AvgIpc) is 3.51. The number of ether oxygens (including phenoxy) is 1. The lowest BCUT2D eigenvalue weighted by Crippen LogP contribution is -2.37. The third-order valence-corrected chi connectivity index (χ3v) is 8.86. The SMILES string of the molecule is Cc1ccc(C(C)C)c(N2CCCSC2=NC(=O)NC(C)CCCc2ccc(-c3ncn(-c4ccc(OC(F)(F)F)cc4)n3)cc2)c1. The number of hydrogen-bond acceptors (Lipinski definition) is 5. The number of alkyl halides is 3. The Morgan fingerprint density at radius 2 is 1.81 bits per heavy atom. The van der Waals surface area contributed by atoms with E-state index in [0.29, 0.717) is 17.4 Å². The third kappa shape index (κ3) is 9.37. The van der Waals surface area contributed by atoms with E-state index in [9.17, 15) is 18.0 Å². The Labute approximate surface area is 277 Å². The summed E-state index contributed by atoms with van der Waals surface area (Å²) in [5, 5.41) is 8.27. The molecule has 1 saturated heterocycles. The number of urea groups is 1. The number of benzene rings is 3. The molecule has 0 spiro atoms. The molecule has 2 amide bonds. The molecule has 2 heterocycles. The lowest BCUT2D eigenvalue weighted by molar-refractivity contribution is -0.274. The van der Waals surface area contributed by atoms with Crippen molar-refractivity contribution in [2.75, 3.05) is 17.2 Å². The normalized spacial score (nSPS) is 15.2.